The summed E-state index contributed by atoms with van der Waals surface area (Å²) in [5, 5.41) is 0. The maximum atomic E-state index is 6.16. The van der Waals surface area contributed by atoms with Gasteiger partial charge >= 0.3 is 0 Å². The fourth-order valence-corrected chi connectivity index (χ4v) is 1.73. The van der Waals surface area contributed by atoms with Gasteiger partial charge in [0, 0.05) is 25.1 Å². The topological polar surface area (TPSA) is 48.4 Å². The van der Waals surface area contributed by atoms with E-state index in [2.05, 4.69) is 20.8 Å². The lowest BCUT2D eigenvalue weighted by molar-refractivity contribution is 0.0124. The molecule has 0 aliphatic carbocycles. The molecule has 0 amide bonds. The summed E-state index contributed by atoms with van der Waals surface area (Å²) in [6, 6.07) is 2.02. The summed E-state index contributed by atoms with van der Waals surface area (Å²) in [4.78, 5) is 0. The van der Waals surface area contributed by atoms with Crippen LogP contribution in [-0.4, -0.2) is 12.7 Å². The van der Waals surface area contributed by atoms with Crippen LogP contribution in [0.2, 0.25) is 0 Å². The lowest BCUT2D eigenvalue weighted by Crippen LogP contribution is -2.24. The Morgan fingerprint density at radius 2 is 2.19 bits per heavy atom. The highest BCUT2D eigenvalue weighted by molar-refractivity contribution is 5.20. The van der Waals surface area contributed by atoms with E-state index in [9.17, 15) is 0 Å². The Kier molecular flexibility index (Phi) is 4.56. The van der Waals surface area contributed by atoms with Crippen molar-refractivity contribution in [2.24, 2.45) is 5.73 Å². The Morgan fingerprint density at radius 1 is 1.50 bits per heavy atom. The summed E-state index contributed by atoms with van der Waals surface area (Å²) in [6.45, 7) is 6.24. The molecule has 1 rings (SSSR count). The van der Waals surface area contributed by atoms with Crippen LogP contribution >= 0.6 is 0 Å². The molecule has 0 aliphatic rings. The second-order valence-electron chi connectivity index (χ2n) is 4.76. The van der Waals surface area contributed by atoms with Crippen LogP contribution in [0.4, 0.5) is 0 Å². The quantitative estimate of drug-likeness (QED) is 0.809. The van der Waals surface area contributed by atoms with Crippen molar-refractivity contribution in [1.29, 1.82) is 0 Å². The fourth-order valence-electron chi connectivity index (χ4n) is 1.73. The zero-order chi connectivity index (χ0) is 12.2. The molecule has 3 nitrogen and oxygen atoms in total. The Labute approximate surface area is 98.0 Å². The van der Waals surface area contributed by atoms with Gasteiger partial charge < -0.3 is 14.9 Å². The number of rotatable bonds is 6. The molecule has 1 heterocycles. The predicted molar refractivity (Wildman–Crippen MR) is 65.3 cm³/mol. The fraction of sp³-hybridized carbons (Fsp3) is 0.692. The van der Waals surface area contributed by atoms with Crippen molar-refractivity contribution in [2.45, 2.75) is 51.7 Å². The molecule has 0 bridgehead atoms. The molecule has 0 saturated carbocycles. The number of methoxy groups -OCH3 is 1. The van der Waals surface area contributed by atoms with Gasteiger partial charge in [0.05, 0.1) is 11.9 Å². The molecule has 16 heavy (non-hydrogen) atoms. The Bertz CT molecular complexity index is 317. The van der Waals surface area contributed by atoms with Crippen LogP contribution in [0.5, 0.6) is 0 Å². The van der Waals surface area contributed by atoms with E-state index in [0.29, 0.717) is 0 Å². The van der Waals surface area contributed by atoms with Crippen molar-refractivity contribution in [3.8, 4) is 0 Å². The largest absolute Gasteiger partial charge is 0.469 e. The van der Waals surface area contributed by atoms with Crippen LogP contribution in [0.1, 0.15) is 51.0 Å². The first-order chi connectivity index (χ1) is 7.50. The SMILES string of the molecule is CCc1occc1C(N)CCC(C)(C)OC. The van der Waals surface area contributed by atoms with E-state index in [-0.39, 0.29) is 11.6 Å². The molecule has 0 spiro atoms. The van der Waals surface area contributed by atoms with Crippen LogP contribution < -0.4 is 5.73 Å². The lowest BCUT2D eigenvalue weighted by Gasteiger charge is -2.24. The van der Waals surface area contributed by atoms with Crippen LogP contribution in [0.25, 0.3) is 0 Å². The van der Waals surface area contributed by atoms with Gasteiger partial charge in [-0.3, -0.25) is 0 Å². The predicted octanol–water partition coefficient (Wildman–Crippen LogP) is 3.05. The summed E-state index contributed by atoms with van der Waals surface area (Å²) < 4.78 is 10.8. The minimum absolute atomic E-state index is 0.0446. The molecular weight excluding hydrogens is 202 g/mol. The van der Waals surface area contributed by atoms with E-state index in [1.54, 1.807) is 13.4 Å². The maximum absolute atomic E-state index is 6.16. The van der Waals surface area contributed by atoms with E-state index in [0.717, 1.165) is 30.6 Å². The van der Waals surface area contributed by atoms with Crippen LogP contribution in [0.15, 0.2) is 16.7 Å². The van der Waals surface area contributed by atoms with Gasteiger partial charge in [-0.1, -0.05) is 6.92 Å². The first-order valence-electron chi connectivity index (χ1n) is 5.87. The van der Waals surface area contributed by atoms with Crippen molar-refractivity contribution in [3.63, 3.8) is 0 Å². The molecule has 1 atom stereocenters. The summed E-state index contributed by atoms with van der Waals surface area (Å²) in [5.41, 5.74) is 7.19. The summed E-state index contributed by atoms with van der Waals surface area (Å²) in [6.07, 6.45) is 4.46. The van der Waals surface area contributed by atoms with Gasteiger partial charge in [0.1, 0.15) is 5.76 Å². The van der Waals surface area contributed by atoms with Gasteiger partial charge in [-0.15, -0.1) is 0 Å². The van der Waals surface area contributed by atoms with Gasteiger partial charge in [0.25, 0.3) is 0 Å². The maximum Gasteiger partial charge on any atom is 0.108 e. The molecule has 0 aromatic carbocycles. The molecule has 0 radical (unpaired) electrons. The van der Waals surface area contributed by atoms with Gasteiger partial charge in [0.15, 0.2) is 0 Å². The minimum Gasteiger partial charge on any atom is -0.469 e. The normalized spacial score (nSPS) is 14.1. The Balaban J connectivity index is 2.56. The smallest absolute Gasteiger partial charge is 0.108 e. The van der Waals surface area contributed by atoms with Crippen molar-refractivity contribution in [1.82, 2.24) is 0 Å². The number of nitrogens with two attached hydrogens (primary N) is 1. The second-order valence-corrected chi connectivity index (χ2v) is 4.76. The molecule has 0 aliphatic heterocycles. The van der Waals surface area contributed by atoms with Crippen molar-refractivity contribution < 1.29 is 9.15 Å². The molecule has 92 valence electrons. The number of aryl methyl sites for hydroxylation is 1. The molecule has 1 aromatic heterocycles. The molecule has 3 heteroatoms. The Hall–Kier alpha value is -0.800. The van der Waals surface area contributed by atoms with Gasteiger partial charge in [0.2, 0.25) is 0 Å². The van der Waals surface area contributed by atoms with E-state index < -0.39 is 0 Å². The van der Waals surface area contributed by atoms with Crippen molar-refractivity contribution in [3.05, 3.63) is 23.7 Å². The van der Waals surface area contributed by atoms with Gasteiger partial charge in [-0.05, 0) is 32.8 Å². The van der Waals surface area contributed by atoms with E-state index in [1.807, 2.05) is 6.07 Å². The van der Waals surface area contributed by atoms with Crippen LogP contribution in [0.3, 0.4) is 0 Å². The molecule has 1 aromatic rings. The summed E-state index contributed by atoms with van der Waals surface area (Å²) in [5.74, 6) is 1.00. The third-order valence-electron chi connectivity index (χ3n) is 3.11. The van der Waals surface area contributed by atoms with Crippen LogP contribution in [-0.2, 0) is 11.2 Å². The van der Waals surface area contributed by atoms with Gasteiger partial charge in [-0.25, -0.2) is 0 Å². The first kappa shape index (κ1) is 13.3. The molecule has 0 fully saturated rings. The first-order valence-corrected chi connectivity index (χ1v) is 5.87. The van der Waals surface area contributed by atoms with Crippen LogP contribution in [0, 0.1) is 0 Å². The average molecular weight is 225 g/mol. The highest BCUT2D eigenvalue weighted by atomic mass is 16.5. The second kappa shape index (κ2) is 5.51. The van der Waals surface area contributed by atoms with E-state index >= 15 is 0 Å². The Morgan fingerprint density at radius 3 is 2.75 bits per heavy atom. The number of furan rings is 1. The van der Waals surface area contributed by atoms with E-state index in [1.165, 1.54) is 0 Å². The van der Waals surface area contributed by atoms with Crippen molar-refractivity contribution >= 4 is 0 Å². The third-order valence-corrected chi connectivity index (χ3v) is 3.11. The highest BCUT2D eigenvalue weighted by Crippen LogP contribution is 2.25. The average Bonchev–Trinajstić information content (AvgIpc) is 2.74. The van der Waals surface area contributed by atoms with Gasteiger partial charge in [-0.2, -0.15) is 0 Å². The third kappa shape index (κ3) is 3.35. The number of hydrogen-bond acceptors (Lipinski definition) is 3. The standard InChI is InChI=1S/C13H23NO2/c1-5-12-10(7-9-16-12)11(14)6-8-13(2,3)15-4/h7,9,11H,5-6,8,14H2,1-4H3. The monoisotopic (exact) mass is 225 g/mol. The highest BCUT2D eigenvalue weighted by Gasteiger charge is 2.20. The zero-order valence-corrected chi connectivity index (χ0v) is 10.7. The molecule has 0 saturated heterocycles. The zero-order valence-electron chi connectivity index (χ0n) is 10.7. The molecule has 1 unspecified atom stereocenters. The number of hydrogen-bond donors (Lipinski definition) is 1. The minimum atomic E-state index is -0.103. The lowest BCUT2D eigenvalue weighted by atomic mass is 9.95. The van der Waals surface area contributed by atoms with Crippen molar-refractivity contribution in [2.75, 3.05) is 7.11 Å². The number of ether oxygens (including phenoxy) is 1. The summed E-state index contributed by atoms with van der Waals surface area (Å²) in [7, 11) is 1.74. The summed E-state index contributed by atoms with van der Waals surface area (Å²) >= 11 is 0. The molecular formula is C13H23NO2. The van der Waals surface area contributed by atoms with E-state index in [4.69, 9.17) is 14.9 Å². The molecule has 2 N–H and O–H groups in total.